The lowest BCUT2D eigenvalue weighted by Gasteiger charge is -2.18. The third-order valence-electron chi connectivity index (χ3n) is 2.87. The monoisotopic (exact) mass is 289 g/mol. The van der Waals surface area contributed by atoms with Gasteiger partial charge in [0.2, 0.25) is 11.8 Å². The zero-order valence-electron chi connectivity index (χ0n) is 12.3. The first-order chi connectivity index (χ1) is 10.1. The average Bonchev–Trinajstić information content (AvgIpc) is 2.49. The van der Waals surface area contributed by atoms with E-state index < -0.39 is 0 Å². The maximum atomic E-state index is 11.7. The number of carbonyl (C=O) groups is 2. The summed E-state index contributed by atoms with van der Waals surface area (Å²) in [7, 11) is 0. The van der Waals surface area contributed by atoms with Crippen molar-refractivity contribution >= 4 is 17.5 Å². The molecule has 0 aliphatic heterocycles. The highest BCUT2D eigenvalue weighted by molar-refractivity contribution is 5.91. The van der Waals surface area contributed by atoms with Crippen molar-refractivity contribution in [1.82, 2.24) is 4.90 Å². The Kier molecular flexibility index (Phi) is 6.92. The number of hydrogen-bond acceptors (Lipinski definition) is 4. The summed E-state index contributed by atoms with van der Waals surface area (Å²) in [6.45, 7) is 4.72. The number of anilines is 1. The maximum absolute atomic E-state index is 11.7. The van der Waals surface area contributed by atoms with Crippen molar-refractivity contribution in [2.75, 3.05) is 31.6 Å². The lowest BCUT2D eigenvalue weighted by molar-refractivity contribution is -0.137. The van der Waals surface area contributed by atoms with Gasteiger partial charge in [0, 0.05) is 18.8 Å². The summed E-state index contributed by atoms with van der Waals surface area (Å²) in [5.74, 6) is -0.474. The summed E-state index contributed by atoms with van der Waals surface area (Å²) >= 11 is 0. The number of benzene rings is 1. The van der Waals surface area contributed by atoms with E-state index >= 15 is 0 Å². The van der Waals surface area contributed by atoms with Crippen molar-refractivity contribution < 1.29 is 14.3 Å². The number of amides is 2. The minimum atomic E-state index is -0.341. The van der Waals surface area contributed by atoms with E-state index in [0.29, 0.717) is 24.3 Å². The summed E-state index contributed by atoms with van der Waals surface area (Å²) < 4.78 is 5.10. The molecule has 21 heavy (non-hydrogen) atoms. The van der Waals surface area contributed by atoms with Gasteiger partial charge < -0.3 is 15.0 Å². The Balaban J connectivity index is 2.34. The van der Waals surface area contributed by atoms with Gasteiger partial charge in [-0.2, -0.15) is 5.26 Å². The Labute approximate surface area is 124 Å². The molecule has 0 unspecified atom stereocenters. The van der Waals surface area contributed by atoms with Crippen LogP contribution in [0.3, 0.4) is 0 Å². The first-order valence-electron chi connectivity index (χ1n) is 6.76. The standard InChI is InChI=1S/C15H19N3O3/c1-3-18(4-2)15(20)11-21-10-14(19)17-13-7-5-12(9-16)6-8-13/h5-8H,3-4,10-11H2,1-2H3,(H,17,19). The molecule has 0 aliphatic rings. The first-order valence-corrected chi connectivity index (χ1v) is 6.76. The molecule has 0 fully saturated rings. The molecular weight excluding hydrogens is 270 g/mol. The van der Waals surface area contributed by atoms with Gasteiger partial charge in [-0.15, -0.1) is 0 Å². The highest BCUT2D eigenvalue weighted by Gasteiger charge is 2.10. The molecule has 2 amide bonds. The molecule has 112 valence electrons. The Bertz CT molecular complexity index is 516. The molecule has 6 heteroatoms. The van der Waals surface area contributed by atoms with Crippen LogP contribution in [-0.2, 0) is 14.3 Å². The fraction of sp³-hybridized carbons (Fsp3) is 0.400. The van der Waals surface area contributed by atoms with Crippen LogP contribution in [-0.4, -0.2) is 43.0 Å². The largest absolute Gasteiger partial charge is 0.362 e. The van der Waals surface area contributed by atoms with Crippen LogP contribution < -0.4 is 5.32 Å². The molecule has 1 N–H and O–H groups in total. The maximum Gasteiger partial charge on any atom is 0.250 e. The van der Waals surface area contributed by atoms with Crippen LogP contribution >= 0.6 is 0 Å². The van der Waals surface area contributed by atoms with Gasteiger partial charge in [0.15, 0.2) is 0 Å². The lowest BCUT2D eigenvalue weighted by atomic mass is 10.2. The van der Waals surface area contributed by atoms with E-state index in [4.69, 9.17) is 10.00 Å². The molecule has 6 nitrogen and oxygen atoms in total. The SMILES string of the molecule is CCN(CC)C(=O)COCC(=O)Nc1ccc(C#N)cc1. The van der Waals surface area contributed by atoms with Crippen molar-refractivity contribution in [2.24, 2.45) is 0 Å². The molecule has 0 aromatic heterocycles. The van der Waals surface area contributed by atoms with Gasteiger partial charge >= 0.3 is 0 Å². The highest BCUT2D eigenvalue weighted by atomic mass is 16.5. The number of nitrogens with zero attached hydrogens (tertiary/aromatic N) is 2. The summed E-state index contributed by atoms with van der Waals surface area (Å²) in [5.41, 5.74) is 1.10. The summed E-state index contributed by atoms with van der Waals surface area (Å²) in [6, 6.07) is 8.49. The second-order valence-electron chi connectivity index (χ2n) is 4.30. The Morgan fingerprint density at radius 1 is 1.19 bits per heavy atom. The van der Waals surface area contributed by atoms with E-state index in [1.165, 1.54) is 0 Å². The van der Waals surface area contributed by atoms with Crippen LogP contribution in [0.25, 0.3) is 0 Å². The molecule has 0 saturated heterocycles. The second kappa shape index (κ2) is 8.72. The van der Waals surface area contributed by atoms with Crippen molar-refractivity contribution in [2.45, 2.75) is 13.8 Å². The van der Waals surface area contributed by atoms with Gasteiger partial charge in [-0.3, -0.25) is 9.59 Å². The van der Waals surface area contributed by atoms with Crippen LogP contribution in [0, 0.1) is 11.3 Å². The predicted octanol–water partition coefficient (Wildman–Crippen LogP) is 1.38. The Hall–Kier alpha value is -2.39. The quantitative estimate of drug-likeness (QED) is 0.822. The zero-order valence-corrected chi connectivity index (χ0v) is 12.3. The molecule has 0 atom stereocenters. The lowest BCUT2D eigenvalue weighted by Crippen LogP contribution is -2.34. The second-order valence-corrected chi connectivity index (χ2v) is 4.30. The number of nitrogens with one attached hydrogen (secondary N) is 1. The smallest absolute Gasteiger partial charge is 0.250 e. The summed E-state index contributed by atoms with van der Waals surface area (Å²) in [4.78, 5) is 24.9. The average molecular weight is 289 g/mol. The van der Waals surface area contributed by atoms with Crippen LogP contribution in [0.4, 0.5) is 5.69 Å². The Morgan fingerprint density at radius 3 is 2.33 bits per heavy atom. The van der Waals surface area contributed by atoms with Gasteiger partial charge in [0.05, 0.1) is 11.6 Å². The molecular formula is C15H19N3O3. The van der Waals surface area contributed by atoms with E-state index in [0.717, 1.165) is 0 Å². The molecule has 0 saturated carbocycles. The number of hydrogen-bond donors (Lipinski definition) is 1. The molecule has 0 aliphatic carbocycles. The van der Waals surface area contributed by atoms with Crippen molar-refractivity contribution in [3.8, 4) is 6.07 Å². The molecule has 0 heterocycles. The van der Waals surface area contributed by atoms with Crippen LogP contribution in [0.5, 0.6) is 0 Å². The van der Waals surface area contributed by atoms with Crippen molar-refractivity contribution in [3.05, 3.63) is 29.8 Å². The highest BCUT2D eigenvalue weighted by Crippen LogP contribution is 2.08. The fourth-order valence-corrected chi connectivity index (χ4v) is 1.72. The summed E-state index contributed by atoms with van der Waals surface area (Å²) in [6.07, 6.45) is 0. The number of ether oxygens (including phenoxy) is 1. The Morgan fingerprint density at radius 2 is 1.81 bits per heavy atom. The van der Waals surface area contributed by atoms with Crippen LogP contribution in [0.1, 0.15) is 19.4 Å². The summed E-state index contributed by atoms with van der Waals surface area (Å²) in [5, 5.41) is 11.3. The van der Waals surface area contributed by atoms with Gasteiger partial charge in [-0.25, -0.2) is 0 Å². The number of carbonyl (C=O) groups excluding carboxylic acids is 2. The zero-order chi connectivity index (χ0) is 15.7. The van der Waals surface area contributed by atoms with Crippen molar-refractivity contribution in [1.29, 1.82) is 5.26 Å². The minimum absolute atomic E-state index is 0.109. The molecule has 0 bridgehead atoms. The molecule has 1 aromatic carbocycles. The molecule has 0 spiro atoms. The van der Waals surface area contributed by atoms with Gasteiger partial charge in [-0.05, 0) is 38.1 Å². The van der Waals surface area contributed by atoms with E-state index in [-0.39, 0.29) is 25.0 Å². The predicted molar refractivity (Wildman–Crippen MR) is 78.5 cm³/mol. The van der Waals surface area contributed by atoms with Crippen LogP contribution in [0.2, 0.25) is 0 Å². The van der Waals surface area contributed by atoms with E-state index in [2.05, 4.69) is 5.32 Å². The molecule has 1 rings (SSSR count). The van der Waals surface area contributed by atoms with Crippen molar-refractivity contribution in [3.63, 3.8) is 0 Å². The molecule has 1 aromatic rings. The van der Waals surface area contributed by atoms with Gasteiger partial charge in [0.25, 0.3) is 0 Å². The van der Waals surface area contributed by atoms with E-state index in [9.17, 15) is 9.59 Å². The first kappa shape index (κ1) is 16.7. The normalized spacial score (nSPS) is 9.76. The van der Waals surface area contributed by atoms with E-state index in [1.54, 1.807) is 29.2 Å². The fourth-order valence-electron chi connectivity index (χ4n) is 1.72. The van der Waals surface area contributed by atoms with Crippen LogP contribution in [0.15, 0.2) is 24.3 Å². The van der Waals surface area contributed by atoms with Gasteiger partial charge in [0.1, 0.15) is 13.2 Å². The minimum Gasteiger partial charge on any atom is -0.362 e. The third-order valence-corrected chi connectivity index (χ3v) is 2.87. The number of rotatable bonds is 7. The number of likely N-dealkylation sites (N-methyl/N-ethyl adjacent to an activating group) is 1. The molecule has 0 radical (unpaired) electrons. The topological polar surface area (TPSA) is 82.4 Å². The third kappa shape index (κ3) is 5.63. The number of nitriles is 1. The van der Waals surface area contributed by atoms with Gasteiger partial charge in [-0.1, -0.05) is 0 Å². The van der Waals surface area contributed by atoms with E-state index in [1.807, 2.05) is 19.9 Å².